The molecule has 0 bridgehead atoms. The Balaban J connectivity index is 2.66. The summed E-state index contributed by atoms with van der Waals surface area (Å²) in [7, 11) is -3.09. The van der Waals surface area contributed by atoms with Gasteiger partial charge >= 0.3 is 0 Å². The van der Waals surface area contributed by atoms with Crippen LogP contribution in [0.5, 0.6) is 0 Å². The summed E-state index contributed by atoms with van der Waals surface area (Å²) >= 11 is 1.79. The molecule has 1 atom stereocenters. The Morgan fingerprint density at radius 3 is 2.31 bits per heavy atom. The normalized spacial score (nSPS) is 13.4. The van der Waals surface area contributed by atoms with Crippen molar-refractivity contribution in [3.05, 3.63) is 24.3 Å². The highest BCUT2D eigenvalue weighted by Gasteiger charge is 2.06. The van der Waals surface area contributed by atoms with E-state index in [9.17, 15) is 8.42 Å². The van der Waals surface area contributed by atoms with E-state index in [4.69, 9.17) is 0 Å². The topological polar surface area (TPSA) is 46.2 Å². The van der Waals surface area contributed by atoms with Crippen LogP contribution < -0.4 is 5.32 Å². The first kappa shape index (κ1) is 13.4. The molecule has 0 saturated heterocycles. The quantitative estimate of drug-likeness (QED) is 0.881. The molecule has 0 spiro atoms. The molecule has 16 heavy (non-hydrogen) atoms. The van der Waals surface area contributed by atoms with Gasteiger partial charge in [-0.2, -0.15) is 11.8 Å². The first-order chi connectivity index (χ1) is 7.43. The van der Waals surface area contributed by atoms with Crippen LogP contribution in [0.1, 0.15) is 6.92 Å². The third-order valence-electron chi connectivity index (χ3n) is 2.28. The minimum Gasteiger partial charge on any atom is -0.384 e. The number of benzene rings is 1. The Morgan fingerprint density at radius 2 is 1.88 bits per heavy atom. The lowest BCUT2D eigenvalue weighted by molar-refractivity contribution is 0.602. The van der Waals surface area contributed by atoms with Crippen molar-refractivity contribution in [2.24, 2.45) is 0 Å². The Kier molecular flexibility index (Phi) is 4.68. The van der Waals surface area contributed by atoms with Gasteiger partial charge in [0.25, 0.3) is 0 Å². The van der Waals surface area contributed by atoms with Crippen molar-refractivity contribution in [1.82, 2.24) is 0 Å². The van der Waals surface area contributed by atoms with Crippen molar-refractivity contribution >= 4 is 27.3 Å². The molecule has 1 rings (SSSR count). The van der Waals surface area contributed by atoms with Crippen LogP contribution in [-0.4, -0.2) is 32.7 Å². The van der Waals surface area contributed by atoms with Gasteiger partial charge in [0.15, 0.2) is 9.84 Å². The molecule has 0 aliphatic carbocycles. The molecule has 0 radical (unpaired) electrons. The van der Waals surface area contributed by atoms with Crippen molar-refractivity contribution in [3.63, 3.8) is 0 Å². The number of nitrogens with one attached hydrogen (secondary N) is 1. The summed E-state index contributed by atoms with van der Waals surface area (Å²) in [6, 6.07) is 6.84. The van der Waals surface area contributed by atoms with E-state index in [0.717, 1.165) is 12.2 Å². The molecule has 5 heteroatoms. The number of thioether (sulfide) groups is 1. The van der Waals surface area contributed by atoms with Crippen LogP contribution in [0.25, 0.3) is 0 Å². The second kappa shape index (κ2) is 5.59. The zero-order chi connectivity index (χ0) is 12.2. The van der Waals surface area contributed by atoms with Crippen LogP contribution in [0.3, 0.4) is 0 Å². The first-order valence-corrected chi connectivity index (χ1v) is 8.18. The van der Waals surface area contributed by atoms with Gasteiger partial charge < -0.3 is 5.32 Å². The van der Waals surface area contributed by atoms with E-state index in [2.05, 4.69) is 18.5 Å². The van der Waals surface area contributed by atoms with Gasteiger partial charge in [-0.1, -0.05) is 6.92 Å². The van der Waals surface area contributed by atoms with Gasteiger partial charge in [-0.25, -0.2) is 8.42 Å². The maximum atomic E-state index is 11.2. The Morgan fingerprint density at radius 1 is 1.31 bits per heavy atom. The maximum absolute atomic E-state index is 11.2. The summed E-state index contributed by atoms with van der Waals surface area (Å²) in [4.78, 5) is 0.357. The van der Waals surface area contributed by atoms with Gasteiger partial charge in [0.2, 0.25) is 0 Å². The fourth-order valence-corrected chi connectivity index (χ4v) is 2.05. The molecule has 0 amide bonds. The van der Waals surface area contributed by atoms with Crippen LogP contribution in [0, 0.1) is 0 Å². The molecular formula is C11H17NO2S2. The van der Waals surface area contributed by atoms with Crippen LogP contribution in [0.2, 0.25) is 0 Å². The number of hydrogen-bond acceptors (Lipinski definition) is 4. The molecule has 0 heterocycles. The minimum atomic E-state index is -3.09. The third kappa shape index (κ3) is 4.06. The molecule has 1 unspecified atom stereocenters. The van der Waals surface area contributed by atoms with E-state index in [-0.39, 0.29) is 0 Å². The summed E-state index contributed by atoms with van der Waals surface area (Å²) in [6.07, 6.45) is 3.28. The van der Waals surface area contributed by atoms with Gasteiger partial charge in [0.1, 0.15) is 0 Å². The van der Waals surface area contributed by atoms with Crippen LogP contribution in [0.15, 0.2) is 29.2 Å². The van der Waals surface area contributed by atoms with E-state index >= 15 is 0 Å². The molecule has 0 fully saturated rings. The first-order valence-electron chi connectivity index (χ1n) is 5.00. The molecule has 0 aliphatic rings. The standard InChI is InChI=1S/C11H17NO2S2/c1-9(15-2)8-12-10-4-6-11(7-5-10)16(3,13)14/h4-7,9,12H,8H2,1-3H3. The van der Waals surface area contributed by atoms with Crippen LogP contribution in [-0.2, 0) is 9.84 Å². The molecule has 90 valence electrons. The SMILES string of the molecule is CSC(C)CNc1ccc(S(C)(=O)=O)cc1. The molecule has 0 saturated carbocycles. The van der Waals surface area contributed by atoms with Crippen molar-refractivity contribution in [2.75, 3.05) is 24.4 Å². The second-order valence-corrected chi connectivity index (χ2v) is 7.02. The molecule has 1 aromatic rings. The summed E-state index contributed by atoms with van der Waals surface area (Å²) in [6.45, 7) is 3.02. The molecule has 3 nitrogen and oxygen atoms in total. The molecule has 1 N–H and O–H groups in total. The van der Waals surface area contributed by atoms with Crippen molar-refractivity contribution in [3.8, 4) is 0 Å². The smallest absolute Gasteiger partial charge is 0.175 e. The van der Waals surface area contributed by atoms with Crippen molar-refractivity contribution in [1.29, 1.82) is 0 Å². The van der Waals surface area contributed by atoms with E-state index in [1.54, 1.807) is 36.0 Å². The average molecular weight is 259 g/mol. The summed E-state index contributed by atoms with van der Waals surface area (Å²) < 4.78 is 22.5. The fraction of sp³-hybridized carbons (Fsp3) is 0.455. The Labute approximate surface area is 102 Å². The van der Waals surface area contributed by atoms with E-state index < -0.39 is 9.84 Å². The van der Waals surface area contributed by atoms with Gasteiger partial charge in [0, 0.05) is 23.7 Å². The fourth-order valence-electron chi connectivity index (χ4n) is 1.16. The molecule has 0 aromatic heterocycles. The Hall–Kier alpha value is -0.680. The highest BCUT2D eigenvalue weighted by Crippen LogP contribution is 2.14. The predicted molar refractivity (Wildman–Crippen MR) is 71.0 cm³/mol. The van der Waals surface area contributed by atoms with E-state index in [0.29, 0.717) is 10.1 Å². The molecule has 0 aliphatic heterocycles. The lowest BCUT2D eigenvalue weighted by Crippen LogP contribution is -2.12. The van der Waals surface area contributed by atoms with Gasteiger partial charge in [-0.15, -0.1) is 0 Å². The van der Waals surface area contributed by atoms with Crippen LogP contribution in [0.4, 0.5) is 5.69 Å². The monoisotopic (exact) mass is 259 g/mol. The number of anilines is 1. The minimum absolute atomic E-state index is 0.357. The van der Waals surface area contributed by atoms with Crippen LogP contribution >= 0.6 is 11.8 Å². The number of rotatable bonds is 5. The van der Waals surface area contributed by atoms with Gasteiger partial charge in [-0.3, -0.25) is 0 Å². The highest BCUT2D eigenvalue weighted by atomic mass is 32.2. The molecule has 1 aromatic carbocycles. The summed E-state index contributed by atoms with van der Waals surface area (Å²) in [5.41, 5.74) is 0.952. The Bertz CT molecular complexity index is 426. The zero-order valence-electron chi connectivity index (χ0n) is 9.73. The second-order valence-electron chi connectivity index (χ2n) is 3.72. The van der Waals surface area contributed by atoms with Crippen molar-refractivity contribution in [2.45, 2.75) is 17.1 Å². The lowest BCUT2D eigenvalue weighted by atomic mass is 10.3. The number of sulfone groups is 1. The lowest BCUT2D eigenvalue weighted by Gasteiger charge is -2.11. The average Bonchev–Trinajstić information content (AvgIpc) is 2.25. The maximum Gasteiger partial charge on any atom is 0.175 e. The zero-order valence-corrected chi connectivity index (χ0v) is 11.4. The summed E-state index contributed by atoms with van der Waals surface area (Å²) in [5, 5.41) is 3.79. The summed E-state index contributed by atoms with van der Waals surface area (Å²) in [5.74, 6) is 0. The van der Waals surface area contributed by atoms with Gasteiger partial charge in [0.05, 0.1) is 4.90 Å². The predicted octanol–water partition coefficient (Wildman–Crippen LogP) is 2.25. The number of hydrogen-bond donors (Lipinski definition) is 1. The van der Waals surface area contributed by atoms with E-state index in [1.807, 2.05) is 0 Å². The van der Waals surface area contributed by atoms with Crippen molar-refractivity contribution < 1.29 is 8.42 Å². The highest BCUT2D eigenvalue weighted by molar-refractivity contribution is 7.99. The molecular weight excluding hydrogens is 242 g/mol. The largest absolute Gasteiger partial charge is 0.384 e. The van der Waals surface area contributed by atoms with Gasteiger partial charge in [-0.05, 0) is 30.5 Å². The van der Waals surface area contributed by atoms with E-state index in [1.165, 1.54) is 6.26 Å². The third-order valence-corrected chi connectivity index (χ3v) is 4.38.